The second-order valence-corrected chi connectivity index (χ2v) is 7.48. The van der Waals surface area contributed by atoms with Crippen LogP contribution < -0.4 is 14.8 Å². The van der Waals surface area contributed by atoms with Crippen molar-refractivity contribution in [3.05, 3.63) is 47.1 Å². The minimum Gasteiger partial charge on any atom is -0.493 e. The molecule has 1 fully saturated rings. The van der Waals surface area contributed by atoms with Crippen LogP contribution in [-0.4, -0.2) is 53.9 Å². The first-order valence-electron chi connectivity index (χ1n) is 10.1. The molecule has 0 spiro atoms. The number of carbonyl (C=O) groups is 1. The highest BCUT2D eigenvalue weighted by molar-refractivity contribution is 6.32. The van der Waals surface area contributed by atoms with Gasteiger partial charge < -0.3 is 19.7 Å². The summed E-state index contributed by atoms with van der Waals surface area (Å²) in [5.74, 6) is 1.83. The van der Waals surface area contributed by atoms with E-state index in [1.807, 2.05) is 30.0 Å². The summed E-state index contributed by atoms with van der Waals surface area (Å²) in [7, 11) is 1.57. The average molecular weight is 431 g/mol. The highest BCUT2D eigenvalue weighted by atomic mass is 35.5. The summed E-state index contributed by atoms with van der Waals surface area (Å²) in [6.45, 7) is 3.97. The number of ether oxygens (including phenoxy) is 2. The van der Waals surface area contributed by atoms with Crippen LogP contribution in [0.5, 0.6) is 11.5 Å². The minimum atomic E-state index is -0.0191. The van der Waals surface area contributed by atoms with Gasteiger partial charge in [-0.05, 0) is 55.2 Å². The van der Waals surface area contributed by atoms with Crippen LogP contribution in [-0.2, 0) is 4.79 Å². The monoisotopic (exact) mass is 430 g/mol. The van der Waals surface area contributed by atoms with Crippen molar-refractivity contribution in [2.45, 2.75) is 32.2 Å². The van der Waals surface area contributed by atoms with Crippen molar-refractivity contribution < 1.29 is 14.3 Å². The third-order valence-corrected chi connectivity index (χ3v) is 5.13. The Kier molecular flexibility index (Phi) is 7.90. The largest absolute Gasteiger partial charge is 0.493 e. The lowest BCUT2D eigenvalue weighted by Gasteiger charge is -2.31. The standard InChI is InChI=1S/C22H27ClN4O3/c1-3-13-30-22-18(23)14-16(15-19(22)29-2)6-7-21(28)27-11-8-17(9-12-27)25-20-5-4-10-24-26-20/h4-7,10,14-15,17H,3,8-9,11-13H2,1-2H3,(H,25,26)/b7-6+. The Bertz CT molecular complexity index is 868. The van der Waals surface area contributed by atoms with Gasteiger partial charge in [0.25, 0.3) is 0 Å². The lowest BCUT2D eigenvalue weighted by molar-refractivity contribution is -0.126. The molecule has 160 valence electrons. The predicted octanol–water partition coefficient (Wildman–Crippen LogP) is 4.04. The van der Waals surface area contributed by atoms with Crippen LogP contribution in [0, 0.1) is 0 Å². The fourth-order valence-electron chi connectivity index (χ4n) is 3.28. The molecule has 0 bridgehead atoms. The molecule has 3 rings (SSSR count). The molecule has 1 aromatic heterocycles. The van der Waals surface area contributed by atoms with E-state index in [1.54, 1.807) is 31.5 Å². The van der Waals surface area contributed by atoms with Crippen LogP contribution in [0.3, 0.4) is 0 Å². The average Bonchev–Trinajstić information content (AvgIpc) is 2.77. The van der Waals surface area contributed by atoms with Gasteiger partial charge in [0.1, 0.15) is 5.82 Å². The first kappa shape index (κ1) is 21.9. The fourth-order valence-corrected chi connectivity index (χ4v) is 3.56. The molecular weight excluding hydrogens is 404 g/mol. The zero-order chi connectivity index (χ0) is 21.3. The van der Waals surface area contributed by atoms with Crippen molar-refractivity contribution in [3.63, 3.8) is 0 Å². The number of nitrogens with one attached hydrogen (secondary N) is 1. The molecule has 7 nitrogen and oxygen atoms in total. The van der Waals surface area contributed by atoms with Gasteiger partial charge in [-0.3, -0.25) is 4.79 Å². The van der Waals surface area contributed by atoms with Crippen LogP contribution in [0.15, 0.2) is 36.5 Å². The highest BCUT2D eigenvalue weighted by Gasteiger charge is 2.21. The van der Waals surface area contributed by atoms with Crippen LogP contribution in [0.25, 0.3) is 6.08 Å². The van der Waals surface area contributed by atoms with Gasteiger partial charge in [-0.25, -0.2) is 0 Å². The summed E-state index contributed by atoms with van der Waals surface area (Å²) < 4.78 is 11.1. The number of likely N-dealkylation sites (tertiary alicyclic amines) is 1. The van der Waals surface area contributed by atoms with Gasteiger partial charge in [0, 0.05) is 31.4 Å². The van der Waals surface area contributed by atoms with E-state index in [4.69, 9.17) is 21.1 Å². The van der Waals surface area contributed by atoms with E-state index in [0.717, 1.165) is 30.6 Å². The molecule has 0 aliphatic carbocycles. The Balaban J connectivity index is 1.56. The molecule has 0 unspecified atom stereocenters. The molecule has 8 heteroatoms. The Morgan fingerprint density at radius 2 is 2.17 bits per heavy atom. The Labute approximate surface area is 182 Å². The molecule has 1 N–H and O–H groups in total. The summed E-state index contributed by atoms with van der Waals surface area (Å²) in [5, 5.41) is 11.8. The molecule has 30 heavy (non-hydrogen) atoms. The number of halogens is 1. The van der Waals surface area contributed by atoms with E-state index < -0.39 is 0 Å². The summed E-state index contributed by atoms with van der Waals surface area (Å²) >= 11 is 6.34. The summed E-state index contributed by atoms with van der Waals surface area (Å²) in [4.78, 5) is 14.4. The molecule has 2 heterocycles. The van der Waals surface area contributed by atoms with Crippen molar-refractivity contribution in [2.24, 2.45) is 0 Å². The van der Waals surface area contributed by atoms with Crippen molar-refractivity contribution >= 4 is 29.4 Å². The van der Waals surface area contributed by atoms with Gasteiger partial charge in [-0.15, -0.1) is 5.10 Å². The maximum absolute atomic E-state index is 12.6. The third-order valence-electron chi connectivity index (χ3n) is 4.85. The Morgan fingerprint density at radius 3 is 2.83 bits per heavy atom. The smallest absolute Gasteiger partial charge is 0.246 e. The molecular formula is C22H27ClN4O3. The Hall–Kier alpha value is -2.80. The molecule has 1 aliphatic rings. The van der Waals surface area contributed by atoms with E-state index in [-0.39, 0.29) is 11.9 Å². The van der Waals surface area contributed by atoms with Gasteiger partial charge in [0.15, 0.2) is 11.5 Å². The predicted molar refractivity (Wildman–Crippen MR) is 118 cm³/mol. The SMILES string of the molecule is CCCOc1c(Cl)cc(/C=C/C(=O)N2CCC(Nc3cccnn3)CC2)cc1OC. The van der Waals surface area contributed by atoms with E-state index in [0.29, 0.717) is 36.2 Å². The Morgan fingerprint density at radius 1 is 1.37 bits per heavy atom. The van der Waals surface area contributed by atoms with Crippen LogP contribution in [0.1, 0.15) is 31.7 Å². The number of hydrogen-bond acceptors (Lipinski definition) is 6. The van der Waals surface area contributed by atoms with Crippen molar-refractivity contribution in [1.82, 2.24) is 15.1 Å². The van der Waals surface area contributed by atoms with Crippen molar-refractivity contribution in [1.29, 1.82) is 0 Å². The molecule has 0 saturated carbocycles. The number of anilines is 1. The number of hydrogen-bond donors (Lipinski definition) is 1. The maximum atomic E-state index is 12.6. The molecule has 2 aromatic rings. The first-order chi connectivity index (χ1) is 14.6. The molecule has 0 atom stereocenters. The second-order valence-electron chi connectivity index (χ2n) is 7.07. The van der Waals surface area contributed by atoms with Gasteiger partial charge in [-0.2, -0.15) is 5.10 Å². The second kappa shape index (κ2) is 10.8. The van der Waals surface area contributed by atoms with E-state index in [2.05, 4.69) is 15.5 Å². The van der Waals surface area contributed by atoms with Crippen molar-refractivity contribution in [3.8, 4) is 11.5 Å². The maximum Gasteiger partial charge on any atom is 0.246 e. The van der Waals surface area contributed by atoms with Crippen LogP contribution in [0.4, 0.5) is 5.82 Å². The number of piperidine rings is 1. The van der Waals surface area contributed by atoms with Crippen LogP contribution >= 0.6 is 11.6 Å². The minimum absolute atomic E-state index is 0.0191. The number of aromatic nitrogens is 2. The quantitative estimate of drug-likeness (QED) is 0.637. The number of nitrogens with zero attached hydrogens (tertiary/aromatic N) is 3. The van der Waals surface area contributed by atoms with Crippen molar-refractivity contribution in [2.75, 3.05) is 32.1 Å². The molecule has 0 radical (unpaired) electrons. The molecule has 1 saturated heterocycles. The number of methoxy groups -OCH3 is 1. The zero-order valence-electron chi connectivity index (χ0n) is 17.3. The summed E-state index contributed by atoms with van der Waals surface area (Å²) in [6.07, 6.45) is 7.57. The molecule has 1 amide bonds. The van der Waals surface area contributed by atoms with E-state index in [1.165, 1.54) is 0 Å². The first-order valence-corrected chi connectivity index (χ1v) is 10.5. The third kappa shape index (κ3) is 5.86. The van der Waals surface area contributed by atoms with E-state index >= 15 is 0 Å². The topological polar surface area (TPSA) is 76.6 Å². The van der Waals surface area contributed by atoms with Gasteiger partial charge in [-0.1, -0.05) is 18.5 Å². The fraction of sp³-hybridized carbons (Fsp3) is 0.409. The van der Waals surface area contributed by atoms with Crippen LogP contribution in [0.2, 0.25) is 5.02 Å². The van der Waals surface area contributed by atoms with E-state index in [9.17, 15) is 4.79 Å². The number of amides is 1. The molecule has 1 aliphatic heterocycles. The number of rotatable bonds is 8. The summed E-state index contributed by atoms with van der Waals surface area (Å²) in [5.41, 5.74) is 0.785. The van der Waals surface area contributed by atoms with Gasteiger partial charge >= 0.3 is 0 Å². The lowest BCUT2D eigenvalue weighted by atomic mass is 10.0. The lowest BCUT2D eigenvalue weighted by Crippen LogP contribution is -2.41. The zero-order valence-corrected chi connectivity index (χ0v) is 18.1. The van der Waals surface area contributed by atoms with Gasteiger partial charge in [0.2, 0.25) is 5.91 Å². The van der Waals surface area contributed by atoms with Gasteiger partial charge in [0.05, 0.1) is 18.7 Å². The molecule has 1 aromatic carbocycles. The summed E-state index contributed by atoms with van der Waals surface area (Å²) in [6, 6.07) is 7.62. The normalized spacial score (nSPS) is 14.7. The number of benzene rings is 1. The number of carbonyl (C=O) groups excluding carboxylic acids is 1. The highest BCUT2D eigenvalue weighted by Crippen LogP contribution is 2.36.